The molecule has 0 saturated carbocycles. The van der Waals surface area contributed by atoms with Gasteiger partial charge < -0.3 is 9.16 Å². The molecule has 0 aliphatic carbocycles. The highest BCUT2D eigenvalue weighted by atomic mass is 31.2. The molecular formula is C9H23N2O3PSi. The van der Waals surface area contributed by atoms with Crippen molar-refractivity contribution in [2.45, 2.75) is 19.6 Å². The molecule has 0 radical (unpaired) electrons. The Hall–Kier alpha value is -0.293. The predicted octanol–water partition coefficient (Wildman–Crippen LogP) is 2.04. The lowest BCUT2D eigenvalue weighted by Crippen LogP contribution is -2.25. The first kappa shape index (κ1) is 15.7. The van der Waals surface area contributed by atoms with E-state index in [2.05, 4.69) is 0 Å². The lowest BCUT2D eigenvalue weighted by molar-refractivity contribution is 0.146. The van der Waals surface area contributed by atoms with Crippen molar-refractivity contribution in [2.24, 2.45) is 5.50 Å². The highest BCUT2D eigenvalue weighted by molar-refractivity contribution is 7.59. The summed E-state index contributed by atoms with van der Waals surface area (Å²) in [7, 11) is 0.434. The maximum Gasteiger partial charge on any atom is 0.261 e. The molecule has 0 saturated heterocycles. The first-order chi connectivity index (χ1) is 7.08. The third-order valence-corrected chi connectivity index (χ3v) is 4.68. The van der Waals surface area contributed by atoms with Gasteiger partial charge in [-0.1, -0.05) is 0 Å². The fraction of sp³-hybridized carbons (Fsp3) is 0.778. The van der Waals surface area contributed by atoms with Crippen LogP contribution in [0.3, 0.4) is 0 Å². The molecule has 0 bridgehead atoms. The minimum absolute atomic E-state index is 0.244. The fourth-order valence-corrected chi connectivity index (χ4v) is 2.34. The minimum atomic E-state index is -2.78. The Morgan fingerprint density at radius 3 is 2.25 bits per heavy atom. The molecule has 0 aliphatic heterocycles. The summed E-state index contributed by atoms with van der Waals surface area (Å²) in [6.45, 7) is 6.15. The SMILES string of the molecule is CO/C(=C/CP(N)(=O)N(C)C)O[Si](C)(C)C. The molecule has 7 heteroatoms. The van der Waals surface area contributed by atoms with Crippen LogP contribution < -0.4 is 5.50 Å². The van der Waals surface area contributed by atoms with E-state index in [1.165, 1.54) is 11.8 Å². The van der Waals surface area contributed by atoms with Crippen LogP contribution in [-0.4, -0.2) is 40.4 Å². The first-order valence-electron chi connectivity index (χ1n) is 5.07. The standard InChI is InChI=1S/C9H23N2O3PSi/c1-11(2)15(10,12)8-7-9(13-3)14-16(4,5)6/h7H,8H2,1-6H3,(H2,10,12)/b9-7-. The zero-order valence-electron chi connectivity index (χ0n) is 11.0. The summed E-state index contributed by atoms with van der Waals surface area (Å²) in [6.07, 6.45) is 1.90. The second-order valence-corrected chi connectivity index (χ2v) is 11.8. The Kier molecular flexibility index (Phi) is 5.76. The average Bonchev–Trinajstić information content (AvgIpc) is 2.10. The van der Waals surface area contributed by atoms with Gasteiger partial charge in [0.25, 0.3) is 5.95 Å². The zero-order valence-corrected chi connectivity index (χ0v) is 12.9. The number of allylic oxidation sites excluding steroid dienone is 1. The van der Waals surface area contributed by atoms with Gasteiger partial charge >= 0.3 is 0 Å². The average molecular weight is 266 g/mol. The Balaban J connectivity index is 4.56. The van der Waals surface area contributed by atoms with Crippen molar-refractivity contribution in [1.82, 2.24) is 4.67 Å². The van der Waals surface area contributed by atoms with Gasteiger partial charge in [0.2, 0.25) is 15.8 Å². The van der Waals surface area contributed by atoms with Gasteiger partial charge in [0.1, 0.15) is 0 Å². The number of nitrogens with two attached hydrogens (primary N) is 1. The molecule has 2 N–H and O–H groups in total. The minimum Gasteiger partial charge on any atom is -0.520 e. The van der Waals surface area contributed by atoms with Gasteiger partial charge in [-0.15, -0.1) is 0 Å². The highest BCUT2D eigenvalue weighted by Crippen LogP contribution is 2.38. The molecule has 5 nitrogen and oxygen atoms in total. The molecule has 0 aliphatic rings. The van der Waals surface area contributed by atoms with Crippen molar-refractivity contribution in [3.8, 4) is 0 Å². The summed E-state index contributed by atoms with van der Waals surface area (Å²) in [5.74, 6) is 0.409. The van der Waals surface area contributed by atoms with Crippen LogP contribution in [0.4, 0.5) is 0 Å². The van der Waals surface area contributed by atoms with Gasteiger partial charge in [-0.25, -0.2) is 4.67 Å². The van der Waals surface area contributed by atoms with Crippen molar-refractivity contribution < 1.29 is 13.7 Å². The lowest BCUT2D eigenvalue weighted by Gasteiger charge is -2.22. The second-order valence-electron chi connectivity index (χ2n) is 4.73. The Labute approximate surface area is 99.2 Å². The smallest absolute Gasteiger partial charge is 0.261 e. The lowest BCUT2D eigenvalue weighted by atomic mass is 10.7. The van der Waals surface area contributed by atoms with Crippen LogP contribution in [0, 0.1) is 0 Å². The molecule has 0 amide bonds. The van der Waals surface area contributed by atoms with Crippen LogP contribution in [0.15, 0.2) is 12.0 Å². The van der Waals surface area contributed by atoms with Crippen LogP contribution in [0.1, 0.15) is 0 Å². The summed E-state index contributed by atoms with van der Waals surface area (Å²) < 4.78 is 24.1. The van der Waals surface area contributed by atoms with E-state index in [-0.39, 0.29) is 6.16 Å². The van der Waals surface area contributed by atoms with E-state index in [1.54, 1.807) is 20.2 Å². The topological polar surface area (TPSA) is 64.8 Å². The van der Waals surface area contributed by atoms with Gasteiger partial charge in [0.05, 0.1) is 13.3 Å². The van der Waals surface area contributed by atoms with Gasteiger partial charge in [-0.2, -0.15) is 0 Å². The van der Waals surface area contributed by atoms with Crippen LogP contribution in [0.25, 0.3) is 0 Å². The Morgan fingerprint density at radius 2 is 1.94 bits per heavy atom. The molecule has 0 spiro atoms. The van der Waals surface area contributed by atoms with E-state index in [0.717, 1.165) is 0 Å². The summed E-state index contributed by atoms with van der Waals surface area (Å²) in [5.41, 5.74) is 5.66. The summed E-state index contributed by atoms with van der Waals surface area (Å²) in [5, 5.41) is 0. The monoisotopic (exact) mass is 266 g/mol. The molecule has 96 valence electrons. The third-order valence-electron chi connectivity index (χ3n) is 1.80. The van der Waals surface area contributed by atoms with Crippen molar-refractivity contribution in [3.63, 3.8) is 0 Å². The summed E-state index contributed by atoms with van der Waals surface area (Å²) in [6, 6.07) is 0. The number of nitrogens with zero attached hydrogens (tertiary/aromatic N) is 1. The predicted molar refractivity (Wildman–Crippen MR) is 69.9 cm³/mol. The largest absolute Gasteiger partial charge is 0.520 e. The summed E-state index contributed by atoms with van der Waals surface area (Å²) in [4.78, 5) is 0. The quantitative estimate of drug-likeness (QED) is 0.453. The molecule has 0 aromatic carbocycles. The van der Waals surface area contributed by atoms with Gasteiger partial charge in [-0.05, 0) is 33.7 Å². The molecule has 0 heterocycles. The molecule has 0 aromatic heterocycles. The molecule has 0 fully saturated rings. The van der Waals surface area contributed by atoms with Crippen LogP contribution in [0.5, 0.6) is 0 Å². The maximum atomic E-state index is 11.9. The highest BCUT2D eigenvalue weighted by Gasteiger charge is 2.21. The van der Waals surface area contributed by atoms with Crippen LogP contribution in [0.2, 0.25) is 19.6 Å². The van der Waals surface area contributed by atoms with E-state index in [4.69, 9.17) is 14.7 Å². The number of hydrogen-bond acceptors (Lipinski definition) is 3. The van der Waals surface area contributed by atoms with E-state index in [1.807, 2.05) is 19.6 Å². The van der Waals surface area contributed by atoms with Gasteiger partial charge in [-0.3, -0.25) is 10.1 Å². The third kappa shape index (κ3) is 6.32. The van der Waals surface area contributed by atoms with Crippen molar-refractivity contribution >= 4 is 15.8 Å². The van der Waals surface area contributed by atoms with Crippen LogP contribution >= 0.6 is 7.44 Å². The number of hydrogen-bond donors (Lipinski definition) is 1. The first-order valence-corrected chi connectivity index (χ1v) is 10.4. The van der Waals surface area contributed by atoms with E-state index < -0.39 is 15.8 Å². The molecule has 0 aromatic rings. The number of ether oxygens (including phenoxy) is 1. The molecule has 0 rings (SSSR count). The van der Waals surface area contributed by atoms with Crippen LogP contribution in [-0.2, 0) is 13.7 Å². The number of methoxy groups -OCH3 is 1. The normalized spacial score (nSPS) is 17.1. The van der Waals surface area contributed by atoms with E-state index in [0.29, 0.717) is 5.95 Å². The maximum absolute atomic E-state index is 11.9. The summed E-state index contributed by atoms with van der Waals surface area (Å²) >= 11 is 0. The molecule has 1 atom stereocenters. The van der Waals surface area contributed by atoms with Crippen molar-refractivity contribution in [1.29, 1.82) is 0 Å². The van der Waals surface area contributed by atoms with Gasteiger partial charge in [0, 0.05) is 6.08 Å². The van der Waals surface area contributed by atoms with Crippen molar-refractivity contribution in [3.05, 3.63) is 12.0 Å². The molecule has 16 heavy (non-hydrogen) atoms. The second kappa shape index (κ2) is 5.86. The Bertz CT molecular complexity index is 300. The fourth-order valence-electron chi connectivity index (χ4n) is 0.837. The van der Waals surface area contributed by atoms with E-state index in [9.17, 15) is 4.57 Å². The number of rotatable bonds is 6. The van der Waals surface area contributed by atoms with Crippen molar-refractivity contribution in [2.75, 3.05) is 27.4 Å². The Morgan fingerprint density at radius 1 is 1.44 bits per heavy atom. The van der Waals surface area contributed by atoms with Gasteiger partial charge in [0.15, 0.2) is 0 Å². The molecule has 1 unspecified atom stereocenters. The van der Waals surface area contributed by atoms with E-state index >= 15 is 0 Å². The zero-order chi connectivity index (χ0) is 13.0. The molecular weight excluding hydrogens is 243 g/mol.